The molecule has 2 rings (SSSR count). The highest BCUT2D eigenvalue weighted by Gasteiger charge is 2.31. The molecular formula is C14H21ClN2S2. The van der Waals surface area contributed by atoms with Gasteiger partial charge < -0.3 is 0 Å². The molecule has 0 saturated carbocycles. The van der Waals surface area contributed by atoms with Crippen molar-refractivity contribution >= 4 is 35.1 Å². The van der Waals surface area contributed by atoms with Crippen LogP contribution in [0.4, 0.5) is 0 Å². The summed E-state index contributed by atoms with van der Waals surface area (Å²) in [4.78, 5) is 0. The molecule has 2 nitrogen and oxygen atoms in total. The average Bonchev–Trinajstić information content (AvgIpc) is 2.46. The van der Waals surface area contributed by atoms with Crippen molar-refractivity contribution in [2.75, 3.05) is 11.5 Å². The summed E-state index contributed by atoms with van der Waals surface area (Å²) in [6.45, 7) is 2.27. The first-order valence-electron chi connectivity index (χ1n) is 6.68. The molecule has 1 fully saturated rings. The lowest BCUT2D eigenvalue weighted by Crippen LogP contribution is -2.49. The van der Waals surface area contributed by atoms with E-state index >= 15 is 0 Å². The highest BCUT2D eigenvalue weighted by Crippen LogP contribution is 2.35. The van der Waals surface area contributed by atoms with Crippen LogP contribution in [0, 0.1) is 0 Å². The van der Waals surface area contributed by atoms with E-state index in [0.29, 0.717) is 16.5 Å². The maximum Gasteiger partial charge on any atom is 0.0406 e. The Labute approximate surface area is 129 Å². The SMILES string of the molecule is CCC1SCCSC1C(Cc1ccc(Cl)cc1)NN. The molecule has 1 heterocycles. The highest BCUT2D eigenvalue weighted by molar-refractivity contribution is 8.07. The first kappa shape index (κ1) is 15.5. The van der Waals surface area contributed by atoms with Gasteiger partial charge in [0.2, 0.25) is 0 Å². The number of hydrazine groups is 1. The summed E-state index contributed by atoms with van der Waals surface area (Å²) in [6.07, 6.45) is 2.17. The predicted molar refractivity (Wildman–Crippen MR) is 89.1 cm³/mol. The lowest BCUT2D eigenvalue weighted by atomic mass is 10.0. The molecular weight excluding hydrogens is 296 g/mol. The van der Waals surface area contributed by atoms with Gasteiger partial charge >= 0.3 is 0 Å². The van der Waals surface area contributed by atoms with E-state index in [9.17, 15) is 0 Å². The molecule has 1 aliphatic heterocycles. The van der Waals surface area contributed by atoms with Gasteiger partial charge in [-0.05, 0) is 30.5 Å². The van der Waals surface area contributed by atoms with Crippen LogP contribution in [-0.2, 0) is 6.42 Å². The number of halogens is 1. The zero-order valence-corrected chi connectivity index (χ0v) is 13.5. The Balaban J connectivity index is 2.04. The Kier molecular flexibility index (Phi) is 6.36. The second-order valence-electron chi connectivity index (χ2n) is 4.76. The second kappa shape index (κ2) is 7.79. The number of hydrogen-bond donors (Lipinski definition) is 2. The fraction of sp³-hybridized carbons (Fsp3) is 0.571. The van der Waals surface area contributed by atoms with Crippen LogP contribution in [0.3, 0.4) is 0 Å². The second-order valence-corrected chi connectivity index (χ2v) is 7.83. The van der Waals surface area contributed by atoms with Gasteiger partial charge in [0.25, 0.3) is 0 Å². The van der Waals surface area contributed by atoms with E-state index in [1.165, 1.54) is 23.5 Å². The van der Waals surface area contributed by atoms with Gasteiger partial charge in [-0.25, -0.2) is 0 Å². The van der Waals surface area contributed by atoms with Crippen LogP contribution in [0.25, 0.3) is 0 Å². The van der Waals surface area contributed by atoms with E-state index in [1.54, 1.807) is 0 Å². The molecule has 0 amide bonds. The first-order chi connectivity index (χ1) is 9.24. The van der Waals surface area contributed by atoms with E-state index in [1.807, 2.05) is 12.1 Å². The van der Waals surface area contributed by atoms with Crippen LogP contribution in [-0.4, -0.2) is 28.0 Å². The maximum atomic E-state index is 5.93. The van der Waals surface area contributed by atoms with Crippen LogP contribution in [0.2, 0.25) is 5.02 Å². The smallest absolute Gasteiger partial charge is 0.0406 e. The van der Waals surface area contributed by atoms with Crippen molar-refractivity contribution in [3.05, 3.63) is 34.9 Å². The number of thioether (sulfide) groups is 2. The first-order valence-corrected chi connectivity index (χ1v) is 9.16. The van der Waals surface area contributed by atoms with Crippen LogP contribution in [0.5, 0.6) is 0 Å². The molecule has 0 aliphatic carbocycles. The fourth-order valence-electron chi connectivity index (χ4n) is 2.46. The number of nitrogens with two attached hydrogens (primary N) is 1. The summed E-state index contributed by atoms with van der Waals surface area (Å²) in [5, 5.41) is 2.08. The van der Waals surface area contributed by atoms with E-state index < -0.39 is 0 Å². The summed E-state index contributed by atoms with van der Waals surface area (Å²) in [5.41, 5.74) is 4.32. The minimum Gasteiger partial charge on any atom is -0.271 e. The van der Waals surface area contributed by atoms with Gasteiger partial charge in [-0.15, -0.1) is 0 Å². The zero-order chi connectivity index (χ0) is 13.7. The molecule has 1 saturated heterocycles. The Morgan fingerprint density at radius 2 is 2.00 bits per heavy atom. The van der Waals surface area contributed by atoms with Gasteiger partial charge in [-0.1, -0.05) is 30.7 Å². The largest absolute Gasteiger partial charge is 0.271 e. The molecule has 0 spiro atoms. The van der Waals surface area contributed by atoms with Gasteiger partial charge in [0.15, 0.2) is 0 Å². The molecule has 0 radical (unpaired) electrons. The fourth-order valence-corrected chi connectivity index (χ4v) is 5.83. The Morgan fingerprint density at radius 1 is 1.32 bits per heavy atom. The third-order valence-corrected chi connectivity index (χ3v) is 7.13. The summed E-state index contributed by atoms with van der Waals surface area (Å²) >= 11 is 10.1. The summed E-state index contributed by atoms with van der Waals surface area (Å²) in [6, 6.07) is 8.40. The molecule has 1 aromatic rings. The normalized spacial score (nSPS) is 25.2. The molecule has 106 valence electrons. The van der Waals surface area contributed by atoms with Gasteiger partial charge in [0, 0.05) is 33.1 Å². The van der Waals surface area contributed by atoms with Crippen LogP contribution in [0.1, 0.15) is 18.9 Å². The van der Waals surface area contributed by atoms with Crippen molar-refractivity contribution in [3.63, 3.8) is 0 Å². The quantitative estimate of drug-likeness (QED) is 0.645. The molecule has 3 N–H and O–H groups in total. The van der Waals surface area contributed by atoms with Crippen LogP contribution in [0.15, 0.2) is 24.3 Å². The molecule has 3 unspecified atom stereocenters. The van der Waals surface area contributed by atoms with Crippen LogP contribution < -0.4 is 11.3 Å². The van der Waals surface area contributed by atoms with E-state index in [-0.39, 0.29) is 0 Å². The van der Waals surface area contributed by atoms with E-state index in [2.05, 4.69) is 48.0 Å². The van der Waals surface area contributed by atoms with Crippen LogP contribution >= 0.6 is 35.1 Å². The topological polar surface area (TPSA) is 38.0 Å². The van der Waals surface area contributed by atoms with Gasteiger partial charge in [-0.2, -0.15) is 23.5 Å². The Morgan fingerprint density at radius 3 is 2.63 bits per heavy atom. The monoisotopic (exact) mass is 316 g/mol. The minimum absolute atomic E-state index is 0.323. The Bertz CT molecular complexity index is 386. The van der Waals surface area contributed by atoms with E-state index in [4.69, 9.17) is 17.4 Å². The maximum absolute atomic E-state index is 5.93. The lowest BCUT2D eigenvalue weighted by molar-refractivity contribution is 0.490. The van der Waals surface area contributed by atoms with Gasteiger partial charge in [0.1, 0.15) is 0 Å². The predicted octanol–water partition coefficient (Wildman–Crippen LogP) is 3.34. The summed E-state index contributed by atoms with van der Waals surface area (Å²) in [5.74, 6) is 8.29. The zero-order valence-electron chi connectivity index (χ0n) is 11.1. The van der Waals surface area contributed by atoms with Crippen molar-refractivity contribution in [2.45, 2.75) is 36.3 Å². The third-order valence-electron chi connectivity index (χ3n) is 3.47. The van der Waals surface area contributed by atoms with Crippen molar-refractivity contribution in [1.29, 1.82) is 0 Å². The van der Waals surface area contributed by atoms with Crippen molar-refractivity contribution < 1.29 is 0 Å². The molecule has 5 heteroatoms. The van der Waals surface area contributed by atoms with Gasteiger partial charge in [-0.3, -0.25) is 11.3 Å². The third kappa shape index (κ3) is 4.30. The summed E-state index contributed by atoms with van der Waals surface area (Å²) in [7, 11) is 0. The molecule has 19 heavy (non-hydrogen) atoms. The van der Waals surface area contributed by atoms with Gasteiger partial charge in [0.05, 0.1) is 0 Å². The number of nitrogens with one attached hydrogen (secondary N) is 1. The van der Waals surface area contributed by atoms with Crippen molar-refractivity contribution in [1.82, 2.24) is 5.43 Å². The number of rotatable bonds is 5. The molecule has 1 aromatic carbocycles. The molecule has 0 aromatic heterocycles. The average molecular weight is 317 g/mol. The van der Waals surface area contributed by atoms with Crippen molar-refractivity contribution in [3.8, 4) is 0 Å². The Hall–Kier alpha value is 0.130. The lowest BCUT2D eigenvalue weighted by Gasteiger charge is -2.35. The standard InChI is InChI=1S/C14H21ClN2S2/c1-2-13-14(19-8-7-18-13)12(17-16)9-10-3-5-11(15)6-4-10/h3-6,12-14,17H,2,7-9,16H2,1H3. The summed E-state index contributed by atoms with van der Waals surface area (Å²) < 4.78 is 0. The number of hydrogen-bond acceptors (Lipinski definition) is 4. The van der Waals surface area contributed by atoms with E-state index in [0.717, 1.165) is 11.4 Å². The number of benzene rings is 1. The molecule has 1 aliphatic rings. The molecule has 3 atom stereocenters. The molecule has 0 bridgehead atoms. The minimum atomic E-state index is 0.323. The van der Waals surface area contributed by atoms with Crippen molar-refractivity contribution in [2.24, 2.45) is 5.84 Å². The highest BCUT2D eigenvalue weighted by atomic mass is 35.5.